The molecule has 2 amide bonds. The van der Waals surface area contributed by atoms with Crippen LogP contribution >= 0.6 is 11.8 Å². The summed E-state index contributed by atoms with van der Waals surface area (Å²) >= 11 is 1.25. The highest BCUT2D eigenvalue weighted by molar-refractivity contribution is 8.14. The van der Waals surface area contributed by atoms with Crippen molar-refractivity contribution < 1.29 is 14.3 Å². The van der Waals surface area contributed by atoms with E-state index in [2.05, 4.69) is 10.3 Å². The van der Waals surface area contributed by atoms with Crippen LogP contribution in [-0.2, 0) is 20.7 Å². The van der Waals surface area contributed by atoms with Crippen molar-refractivity contribution in [1.29, 1.82) is 0 Å². The third-order valence-corrected chi connectivity index (χ3v) is 5.94. The molecule has 7 nitrogen and oxygen atoms in total. The predicted octanol–water partition coefficient (Wildman–Crippen LogP) is 2.77. The number of hydrogen-bond donors (Lipinski definition) is 1. The molecule has 0 bridgehead atoms. The number of fused-ring (bicyclic) bond motifs is 3. The predicted molar refractivity (Wildman–Crippen MR) is 123 cm³/mol. The SMILES string of the molecule is COCCCNC(=O)CSC1=Nc2ccccc2C2=NC(Cc3ccccc3)C(=O)N12. The number of para-hydroxylation sites is 1. The van der Waals surface area contributed by atoms with Crippen LogP contribution < -0.4 is 5.32 Å². The van der Waals surface area contributed by atoms with E-state index in [1.165, 1.54) is 11.8 Å². The van der Waals surface area contributed by atoms with E-state index >= 15 is 0 Å². The van der Waals surface area contributed by atoms with Gasteiger partial charge in [0, 0.05) is 32.2 Å². The topological polar surface area (TPSA) is 83.4 Å². The van der Waals surface area contributed by atoms with E-state index in [0.717, 1.165) is 23.2 Å². The van der Waals surface area contributed by atoms with Gasteiger partial charge in [0.15, 0.2) is 5.17 Å². The summed E-state index contributed by atoms with van der Waals surface area (Å²) in [5.74, 6) is 0.572. The number of ether oxygens (including phenoxy) is 1. The van der Waals surface area contributed by atoms with Gasteiger partial charge in [-0.3, -0.25) is 14.6 Å². The lowest BCUT2D eigenvalue weighted by Crippen LogP contribution is -2.42. The molecule has 1 atom stereocenters. The van der Waals surface area contributed by atoms with Crippen LogP contribution in [0.1, 0.15) is 17.5 Å². The van der Waals surface area contributed by atoms with E-state index in [1.54, 1.807) is 12.0 Å². The van der Waals surface area contributed by atoms with Gasteiger partial charge in [-0.15, -0.1) is 0 Å². The first-order valence-electron chi connectivity index (χ1n) is 10.2. The van der Waals surface area contributed by atoms with Gasteiger partial charge in [-0.25, -0.2) is 9.89 Å². The van der Waals surface area contributed by atoms with Gasteiger partial charge in [0.05, 0.1) is 11.4 Å². The quantitative estimate of drug-likeness (QED) is 0.645. The number of carbonyl (C=O) groups excluding carboxylic acids is 2. The Hall–Kier alpha value is -2.97. The van der Waals surface area contributed by atoms with Crippen molar-refractivity contribution in [3.8, 4) is 0 Å². The van der Waals surface area contributed by atoms with Crippen molar-refractivity contribution in [2.45, 2.75) is 18.9 Å². The van der Waals surface area contributed by atoms with Gasteiger partial charge >= 0.3 is 0 Å². The first-order valence-corrected chi connectivity index (χ1v) is 11.2. The third-order valence-electron chi connectivity index (χ3n) is 5.00. The van der Waals surface area contributed by atoms with E-state index < -0.39 is 6.04 Å². The van der Waals surface area contributed by atoms with Crippen molar-refractivity contribution in [2.75, 3.05) is 26.0 Å². The highest BCUT2D eigenvalue weighted by atomic mass is 32.2. The molecule has 1 N–H and O–H groups in total. The Labute approximate surface area is 185 Å². The van der Waals surface area contributed by atoms with Gasteiger partial charge < -0.3 is 10.1 Å². The van der Waals surface area contributed by atoms with Crippen molar-refractivity contribution in [2.24, 2.45) is 9.98 Å². The summed E-state index contributed by atoms with van der Waals surface area (Å²) < 4.78 is 4.99. The summed E-state index contributed by atoms with van der Waals surface area (Å²) in [5, 5.41) is 3.35. The molecule has 0 fully saturated rings. The summed E-state index contributed by atoms with van der Waals surface area (Å²) in [4.78, 5) is 36.5. The zero-order valence-corrected chi connectivity index (χ0v) is 18.1. The minimum Gasteiger partial charge on any atom is -0.385 e. The molecule has 0 saturated heterocycles. The molecule has 2 aromatic rings. The average molecular weight is 437 g/mol. The summed E-state index contributed by atoms with van der Waals surface area (Å²) in [7, 11) is 1.63. The zero-order chi connectivity index (χ0) is 21.6. The molecule has 1 unspecified atom stereocenters. The van der Waals surface area contributed by atoms with Crippen LogP contribution in [0.25, 0.3) is 0 Å². The first kappa shape index (κ1) is 21.3. The summed E-state index contributed by atoms with van der Waals surface area (Å²) in [6.45, 7) is 1.15. The molecule has 2 aliphatic rings. The van der Waals surface area contributed by atoms with E-state index in [4.69, 9.17) is 9.73 Å². The van der Waals surface area contributed by atoms with Crippen LogP contribution in [0.3, 0.4) is 0 Å². The van der Waals surface area contributed by atoms with E-state index in [-0.39, 0.29) is 17.6 Å². The molecular formula is C23H24N4O3S. The largest absolute Gasteiger partial charge is 0.385 e. The molecule has 0 saturated carbocycles. The van der Waals surface area contributed by atoms with E-state index in [9.17, 15) is 9.59 Å². The number of benzene rings is 2. The number of aliphatic imine (C=N–C) groups is 2. The minimum absolute atomic E-state index is 0.103. The lowest BCUT2D eigenvalue weighted by Gasteiger charge is -2.25. The van der Waals surface area contributed by atoms with Crippen LogP contribution in [0.5, 0.6) is 0 Å². The van der Waals surface area contributed by atoms with Crippen molar-refractivity contribution in [3.63, 3.8) is 0 Å². The highest BCUT2D eigenvalue weighted by Crippen LogP contribution is 2.34. The summed E-state index contributed by atoms with van der Waals surface area (Å²) in [6, 6.07) is 17.0. The van der Waals surface area contributed by atoms with E-state index in [1.807, 2.05) is 54.6 Å². The smallest absolute Gasteiger partial charge is 0.259 e. The lowest BCUT2D eigenvalue weighted by atomic mass is 10.1. The van der Waals surface area contributed by atoms with Gasteiger partial charge in [-0.2, -0.15) is 0 Å². The van der Waals surface area contributed by atoms with Gasteiger partial charge in [0.2, 0.25) is 5.91 Å². The van der Waals surface area contributed by atoms with Gasteiger partial charge in [0.1, 0.15) is 11.9 Å². The van der Waals surface area contributed by atoms with Crippen molar-refractivity contribution in [3.05, 3.63) is 65.7 Å². The molecule has 2 aromatic carbocycles. The van der Waals surface area contributed by atoms with Gasteiger partial charge in [0.25, 0.3) is 5.91 Å². The number of carbonyl (C=O) groups is 2. The number of thioether (sulfide) groups is 1. The number of amidine groups is 2. The van der Waals surface area contributed by atoms with Gasteiger partial charge in [-0.1, -0.05) is 54.2 Å². The monoisotopic (exact) mass is 436 g/mol. The Balaban J connectivity index is 1.51. The molecule has 31 heavy (non-hydrogen) atoms. The molecule has 2 heterocycles. The third kappa shape index (κ3) is 4.86. The molecule has 0 radical (unpaired) electrons. The Bertz CT molecular complexity index is 1020. The summed E-state index contributed by atoms with van der Waals surface area (Å²) in [5.41, 5.74) is 2.65. The standard InChI is InChI=1S/C23H24N4O3S/c1-30-13-7-12-24-20(28)15-31-23-26-18-11-6-5-10-17(18)21-25-19(22(29)27(21)23)14-16-8-3-2-4-9-16/h2-6,8-11,19H,7,12-15H2,1H3,(H,24,28). The van der Waals surface area contributed by atoms with Gasteiger partial charge in [-0.05, 0) is 24.1 Å². The van der Waals surface area contributed by atoms with Crippen LogP contribution in [-0.4, -0.2) is 59.8 Å². The summed E-state index contributed by atoms with van der Waals surface area (Å²) in [6.07, 6.45) is 1.28. The first-order chi connectivity index (χ1) is 15.2. The van der Waals surface area contributed by atoms with Crippen LogP contribution in [0, 0.1) is 0 Å². The average Bonchev–Trinajstić information content (AvgIpc) is 3.12. The maximum Gasteiger partial charge on any atom is 0.259 e. The normalized spacial score (nSPS) is 17.0. The fraction of sp³-hybridized carbons (Fsp3) is 0.304. The maximum absolute atomic E-state index is 13.3. The second kappa shape index (κ2) is 9.89. The molecule has 8 heteroatoms. The molecule has 0 spiro atoms. The van der Waals surface area contributed by atoms with Crippen LogP contribution in [0.2, 0.25) is 0 Å². The Kier molecular flexibility index (Phi) is 6.79. The molecule has 2 aliphatic heterocycles. The number of nitrogens with one attached hydrogen (secondary N) is 1. The Morgan fingerprint density at radius 2 is 1.94 bits per heavy atom. The fourth-order valence-electron chi connectivity index (χ4n) is 3.49. The molecule has 160 valence electrons. The number of hydrogen-bond acceptors (Lipinski definition) is 6. The minimum atomic E-state index is -0.503. The van der Waals surface area contributed by atoms with Crippen LogP contribution in [0.15, 0.2) is 64.6 Å². The Morgan fingerprint density at radius 3 is 2.74 bits per heavy atom. The number of rotatable bonds is 8. The number of methoxy groups -OCH3 is 1. The number of nitrogens with zero attached hydrogens (tertiary/aromatic N) is 3. The van der Waals surface area contributed by atoms with Crippen molar-refractivity contribution in [1.82, 2.24) is 10.2 Å². The van der Waals surface area contributed by atoms with Crippen LogP contribution in [0.4, 0.5) is 5.69 Å². The second-order valence-electron chi connectivity index (χ2n) is 7.23. The molecule has 4 rings (SSSR count). The maximum atomic E-state index is 13.3. The second-order valence-corrected chi connectivity index (χ2v) is 8.17. The Morgan fingerprint density at radius 1 is 1.16 bits per heavy atom. The molecular weight excluding hydrogens is 412 g/mol. The highest BCUT2D eigenvalue weighted by Gasteiger charge is 2.41. The number of amides is 2. The van der Waals surface area contributed by atoms with E-state index in [0.29, 0.717) is 30.6 Å². The lowest BCUT2D eigenvalue weighted by molar-refractivity contribution is -0.124. The fourth-order valence-corrected chi connectivity index (χ4v) is 4.33. The molecule has 0 aromatic heterocycles. The molecule has 0 aliphatic carbocycles. The zero-order valence-electron chi connectivity index (χ0n) is 17.3. The van der Waals surface area contributed by atoms with Crippen molar-refractivity contribution >= 4 is 40.3 Å².